The van der Waals surface area contributed by atoms with E-state index < -0.39 is 12.3 Å². The Hall–Kier alpha value is -4.89. The molecule has 14 heteroatoms. The molecule has 0 unspecified atom stereocenters. The van der Waals surface area contributed by atoms with Crippen LogP contribution in [0, 0.1) is 5.41 Å². The van der Waals surface area contributed by atoms with Crippen LogP contribution in [0.3, 0.4) is 0 Å². The fraction of sp³-hybridized carbons (Fsp3) is 0.432. The van der Waals surface area contributed by atoms with E-state index >= 15 is 0 Å². The Morgan fingerprint density at radius 1 is 1.04 bits per heavy atom. The standard InChI is InChI=1S/C37H43N9O5/c1-22-17-46(37(4,50)21-45(22)25-19-51-20-25)24-6-7-32(39-16-24)40-29-13-28(41-42(5)34(29)48)26-8-9-38-33(27(26)18-47)44-11-10-43-30(35(44)49)12-23-14-36(2,3)15-31(23)43/h6-13,16,22,25,47,50H,14-15,17-21H2,1-5H3,(H,39,40)/t22-,37+/m1/s1. The summed E-state index contributed by atoms with van der Waals surface area (Å²) in [4.78, 5) is 40.4. The van der Waals surface area contributed by atoms with Crippen LogP contribution in [-0.4, -0.2) is 87.9 Å². The van der Waals surface area contributed by atoms with Gasteiger partial charge in [0.15, 0.2) is 0 Å². The maximum Gasteiger partial charge on any atom is 0.290 e. The van der Waals surface area contributed by atoms with Crippen LogP contribution in [0.4, 0.5) is 17.2 Å². The zero-order valence-corrected chi connectivity index (χ0v) is 29.5. The molecule has 7 heterocycles. The lowest BCUT2D eigenvalue weighted by Gasteiger charge is -2.53. The molecule has 51 heavy (non-hydrogen) atoms. The van der Waals surface area contributed by atoms with Gasteiger partial charge in [0.25, 0.3) is 11.1 Å². The van der Waals surface area contributed by atoms with Gasteiger partial charge in [-0.25, -0.2) is 14.6 Å². The second kappa shape index (κ2) is 12.1. The number of hydrogen-bond donors (Lipinski definition) is 3. The quantitative estimate of drug-likeness (QED) is 0.231. The number of rotatable bonds is 7. The number of pyridine rings is 2. The van der Waals surface area contributed by atoms with Gasteiger partial charge in [-0.1, -0.05) is 13.8 Å². The Morgan fingerprint density at radius 2 is 1.84 bits per heavy atom. The van der Waals surface area contributed by atoms with Gasteiger partial charge in [-0.3, -0.25) is 19.1 Å². The highest BCUT2D eigenvalue weighted by molar-refractivity contribution is 5.71. The molecule has 1 aliphatic carbocycles. The van der Waals surface area contributed by atoms with Gasteiger partial charge in [0.2, 0.25) is 0 Å². The van der Waals surface area contributed by atoms with Crippen LogP contribution in [-0.2, 0) is 31.2 Å². The Bertz CT molecular complexity index is 2270. The maximum absolute atomic E-state index is 13.8. The molecule has 5 aromatic rings. The Balaban J connectivity index is 1.08. The molecule has 2 atom stereocenters. The summed E-state index contributed by atoms with van der Waals surface area (Å²) < 4.78 is 10.0. The number of nitrogens with one attached hydrogen (secondary N) is 1. The van der Waals surface area contributed by atoms with Crippen molar-refractivity contribution in [2.75, 3.05) is 36.5 Å². The first kappa shape index (κ1) is 33.3. The minimum absolute atomic E-state index is 0.152. The summed E-state index contributed by atoms with van der Waals surface area (Å²) in [7, 11) is 1.55. The van der Waals surface area contributed by atoms with Gasteiger partial charge < -0.3 is 29.6 Å². The highest BCUT2D eigenvalue weighted by Crippen LogP contribution is 2.38. The van der Waals surface area contributed by atoms with Gasteiger partial charge in [0.1, 0.15) is 28.6 Å². The minimum Gasteiger partial charge on any atom is -0.392 e. The number of aliphatic hydroxyl groups excluding tert-OH is 1. The molecule has 14 nitrogen and oxygen atoms in total. The van der Waals surface area contributed by atoms with Crippen molar-refractivity contribution in [2.24, 2.45) is 12.5 Å². The van der Waals surface area contributed by atoms with E-state index in [0.717, 1.165) is 24.2 Å². The van der Waals surface area contributed by atoms with Gasteiger partial charge in [-0.2, -0.15) is 5.10 Å². The molecule has 0 spiro atoms. The molecule has 0 aromatic carbocycles. The number of anilines is 3. The third-order valence-electron chi connectivity index (χ3n) is 10.6. The molecule has 0 amide bonds. The fourth-order valence-electron chi connectivity index (χ4n) is 7.94. The van der Waals surface area contributed by atoms with Crippen molar-refractivity contribution in [2.45, 2.75) is 65.0 Å². The summed E-state index contributed by atoms with van der Waals surface area (Å²) in [6.45, 7) is 10.5. The van der Waals surface area contributed by atoms with Crippen LogP contribution in [0.15, 0.2) is 64.7 Å². The molecule has 0 bridgehead atoms. The number of ether oxygens (including phenoxy) is 1. The second-order valence-electron chi connectivity index (χ2n) is 15.1. The number of aliphatic hydroxyl groups is 2. The normalized spacial score (nSPS) is 21.9. The fourth-order valence-corrected chi connectivity index (χ4v) is 7.94. The highest BCUT2D eigenvalue weighted by Gasteiger charge is 2.43. The van der Waals surface area contributed by atoms with Crippen LogP contribution in [0.5, 0.6) is 0 Å². The van der Waals surface area contributed by atoms with E-state index in [1.165, 1.54) is 14.8 Å². The summed E-state index contributed by atoms with van der Waals surface area (Å²) in [5.74, 6) is 0.727. The first-order valence-corrected chi connectivity index (χ1v) is 17.3. The van der Waals surface area contributed by atoms with Crippen LogP contribution < -0.4 is 21.3 Å². The van der Waals surface area contributed by atoms with Crippen LogP contribution in [0.1, 0.15) is 44.5 Å². The van der Waals surface area contributed by atoms with Crippen LogP contribution in [0.2, 0.25) is 0 Å². The first-order chi connectivity index (χ1) is 24.3. The summed E-state index contributed by atoms with van der Waals surface area (Å²) in [6, 6.07) is 9.47. The number of fused-ring (bicyclic) bond motifs is 3. The lowest BCUT2D eigenvalue weighted by atomic mass is 9.90. The second-order valence-corrected chi connectivity index (χ2v) is 15.1. The molecule has 266 valence electrons. The minimum atomic E-state index is -1.10. The first-order valence-electron chi connectivity index (χ1n) is 17.3. The third-order valence-corrected chi connectivity index (χ3v) is 10.6. The summed E-state index contributed by atoms with van der Waals surface area (Å²) in [5.41, 5.74) is 3.66. The topological polar surface area (TPSA) is 155 Å². The van der Waals surface area contributed by atoms with Crippen molar-refractivity contribution in [1.29, 1.82) is 0 Å². The van der Waals surface area contributed by atoms with E-state index in [0.29, 0.717) is 66.3 Å². The van der Waals surface area contributed by atoms with Crippen molar-refractivity contribution in [3.05, 3.63) is 92.6 Å². The predicted octanol–water partition coefficient (Wildman–Crippen LogP) is 2.62. The molecular weight excluding hydrogens is 650 g/mol. The van der Waals surface area contributed by atoms with Crippen molar-refractivity contribution in [3.8, 4) is 17.1 Å². The monoisotopic (exact) mass is 693 g/mol. The van der Waals surface area contributed by atoms with E-state index in [4.69, 9.17) is 4.74 Å². The van der Waals surface area contributed by atoms with Gasteiger partial charge in [0, 0.05) is 61.6 Å². The maximum atomic E-state index is 13.8. The lowest BCUT2D eigenvalue weighted by Crippen LogP contribution is -2.68. The average Bonchev–Trinajstić information content (AvgIpc) is 3.56. The van der Waals surface area contributed by atoms with Crippen molar-refractivity contribution in [1.82, 2.24) is 33.6 Å². The van der Waals surface area contributed by atoms with E-state index in [1.54, 1.807) is 43.8 Å². The van der Waals surface area contributed by atoms with Crippen LogP contribution in [0.25, 0.3) is 22.6 Å². The summed E-state index contributed by atoms with van der Waals surface area (Å²) in [5, 5.41) is 29.7. The Kier molecular flexibility index (Phi) is 7.90. The number of β-amino-alcohol motifs (C(OH)–C–C–N with tert-alkyl or cyclic N) is 1. The van der Waals surface area contributed by atoms with Crippen molar-refractivity contribution in [3.63, 3.8) is 0 Å². The molecule has 3 aliphatic rings. The molecule has 3 N–H and O–H groups in total. The molecule has 5 aromatic heterocycles. The zero-order chi connectivity index (χ0) is 35.8. The molecule has 0 saturated carbocycles. The summed E-state index contributed by atoms with van der Waals surface area (Å²) in [6.07, 6.45) is 8.61. The van der Waals surface area contributed by atoms with Crippen molar-refractivity contribution < 1.29 is 14.9 Å². The predicted molar refractivity (Wildman–Crippen MR) is 193 cm³/mol. The van der Waals surface area contributed by atoms with Gasteiger partial charge in [0.05, 0.1) is 43.4 Å². The Labute approximate surface area is 294 Å². The van der Waals surface area contributed by atoms with E-state index in [9.17, 15) is 19.8 Å². The lowest BCUT2D eigenvalue weighted by molar-refractivity contribution is -0.117. The molecular formula is C37H43N9O5. The third kappa shape index (κ3) is 5.72. The molecule has 0 radical (unpaired) electrons. The average molecular weight is 694 g/mol. The molecule has 2 aliphatic heterocycles. The number of aromatic nitrogens is 6. The molecule has 8 rings (SSSR count). The van der Waals surface area contributed by atoms with Gasteiger partial charge in [-0.15, -0.1) is 0 Å². The zero-order valence-electron chi connectivity index (χ0n) is 29.5. The Morgan fingerprint density at radius 3 is 2.55 bits per heavy atom. The smallest absolute Gasteiger partial charge is 0.290 e. The summed E-state index contributed by atoms with van der Waals surface area (Å²) >= 11 is 0. The van der Waals surface area contributed by atoms with E-state index in [2.05, 4.69) is 46.1 Å². The molecule has 2 saturated heterocycles. The van der Waals surface area contributed by atoms with Gasteiger partial charge in [-0.05, 0) is 68.0 Å². The van der Waals surface area contributed by atoms with Crippen molar-refractivity contribution >= 4 is 22.7 Å². The SMILES string of the molecule is C[C@@H]1CN(c2ccc(Nc3cc(-c4ccnc(-n5ccn6c7c(cc6c5=O)CC(C)(C)C7)c4CO)nn(C)c3=O)nc2)[C@@](C)(O)CN1C1COC1. The molecule has 2 fully saturated rings. The van der Waals surface area contributed by atoms with E-state index in [-0.39, 0.29) is 28.3 Å². The number of hydrogen-bond acceptors (Lipinski definition) is 11. The highest BCUT2D eigenvalue weighted by atomic mass is 16.5. The van der Waals surface area contributed by atoms with Gasteiger partial charge >= 0.3 is 0 Å². The number of piperazine rings is 1. The number of nitrogens with zero attached hydrogens (tertiary/aromatic N) is 8. The largest absolute Gasteiger partial charge is 0.392 e. The number of aryl methyl sites for hydroxylation is 1. The van der Waals surface area contributed by atoms with E-state index in [1.807, 2.05) is 34.6 Å². The van der Waals surface area contributed by atoms with Crippen LogP contribution >= 0.6 is 0 Å².